The number of hydrogen-bond donors (Lipinski definition) is 2. The van der Waals surface area contributed by atoms with E-state index in [0.29, 0.717) is 15.6 Å². The van der Waals surface area contributed by atoms with E-state index in [0.717, 1.165) is 0 Å². The first kappa shape index (κ1) is 11.7. The van der Waals surface area contributed by atoms with Gasteiger partial charge in [0.1, 0.15) is 0 Å². The van der Waals surface area contributed by atoms with Gasteiger partial charge in [0.05, 0.1) is 21.6 Å². The summed E-state index contributed by atoms with van der Waals surface area (Å²) in [5.41, 5.74) is -0.448. The zero-order chi connectivity index (χ0) is 11.9. The summed E-state index contributed by atoms with van der Waals surface area (Å²) < 4.78 is 0. The van der Waals surface area contributed by atoms with Crippen LogP contribution in [-0.4, -0.2) is 16.2 Å². The molecule has 1 saturated carbocycles. The van der Waals surface area contributed by atoms with Crippen molar-refractivity contribution >= 4 is 29.2 Å². The third-order valence-corrected chi connectivity index (χ3v) is 3.71. The second-order valence-corrected chi connectivity index (χ2v) is 4.92. The van der Waals surface area contributed by atoms with Gasteiger partial charge in [-0.2, -0.15) is 0 Å². The first-order valence-electron chi connectivity index (χ1n) is 4.83. The number of carboxylic acid groups (broad SMARTS) is 1. The third-order valence-electron chi connectivity index (χ3n) is 2.97. The Morgan fingerprint density at radius 2 is 1.94 bits per heavy atom. The molecule has 0 bridgehead atoms. The van der Waals surface area contributed by atoms with Gasteiger partial charge >= 0.3 is 5.97 Å². The molecule has 0 aliphatic heterocycles. The average Bonchev–Trinajstić information content (AvgIpc) is 2.17. The van der Waals surface area contributed by atoms with E-state index in [2.05, 4.69) is 0 Å². The number of aliphatic carboxylic acids is 1. The van der Waals surface area contributed by atoms with Gasteiger partial charge in [0.25, 0.3) is 0 Å². The molecule has 86 valence electrons. The molecule has 16 heavy (non-hydrogen) atoms. The normalized spacial score (nSPS) is 28.6. The molecule has 2 rings (SSSR count). The van der Waals surface area contributed by atoms with Crippen LogP contribution in [0.3, 0.4) is 0 Å². The van der Waals surface area contributed by atoms with E-state index in [1.165, 1.54) is 0 Å². The van der Waals surface area contributed by atoms with Crippen molar-refractivity contribution in [3.8, 4) is 0 Å². The number of aliphatic hydroxyl groups is 1. The van der Waals surface area contributed by atoms with Gasteiger partial charge in [-0.25, -0.2) is 0 Å². The molecular weight excluding hydrogens is 251 g/mol. The summed E-state index contributed by atoms with van der Waals surface area (Å²) in [6.45, 7) is 0. The Hall–Kier alpha value is -0.770. The number of halogens is 2. The Balaban J connectivity index is 2.20. The Bertz CT molecular complexity index is 439. The van der Waals surface area contributed by atoms with Crippen LogP contribution < -0.4 is 0 Å². The molecule has 0 atom stereocenters. The summed E-state index contributed by atoms with van der Waals surface area (Å²) in [6.07, 6.45) is 0.445. The van der Waals surface area contributed by atoms with E-state index in [1.54, 1.807) is 18.2 Å². The highest BCUT2D eigenvalue weighted by molar-refractivity contribution is 6.42. The molecule has 0 saturated heterocycles. The molecule has 5 heteroatoms. The van der Waals surface area contributed by atoms with Gasteiger partial charge in [0, 0.05) is 0 Å². The van der Waals surface area contributed by atoms with E-state index in [-0.39, 0.29) is 12.8 Å². The Kier molecular flexibility index (Phi) is 2.86. The van der Waals surface area contributed by atoms with Crippen molar-refractivity contribution in [2.75, 3.05) is 0 Å². The maximum absolute atomic E-state index is 10.7. The van der Waals surface area contributed by atoms with Crippen molar-refractivity contribution in [3.05, 3.63) is 33.8 Å². The van der Waals surface area contributed by atoms with Crippen molar-refractivity contribution in [2.24, 2.45) is 5.92 Å². The molecule has 1 aliphatic rings. The molecule has 0 aromatic heterocycles. The number of benzene rings is 1. The summed E-state index contributed by atoms with van der Waals surface area (Å²) in [4.78, 5) is 10.7. The van der Waals surface area contributed by atoms with Gasteiger partial charge in [-0.05, 0) is 30.5 Å². The fraction of sp³-hybridized carbons (Fsp3) is 0.364. The monoisotopic (exact) mass is 260 g/mol. The van der Waals surface area contributed by atoms with E-state index in [9.17, 15) is 9.90 Å². The molecule has 0 unspecified atom stereocenters. The van der Waals surface area contributed by atoms with Gasteiger partial charge < -0.3 is 10.2 Å². The molecule has 1 aromatic rings. The molecule has 3 nitrogen and oxygen atoms in total. The lowest BCUT2D eigenvalue weighted by Crippen LogP contribution is -2.44. The predicted octanol–water partition coefficient (Wildman–Crippen LogP) is 2.68. The summed E-state index contributed by atoms with van der Waals surface area (Å²) >= 11 is 11.6. The van der Waals surface area contributed by atoms with Crippen molar-refractivity contribution in [2.45, 2.75) is 18.4 Å². The molecule has 0 heterocycles. The predicted molar refractivity (Wildman–Crippen MR) is 60.7 cm³/mol. The first-order valence-corrected chi connectivity index (χ1v) is 5.59. The van der Waals surface area contributed by atoms with Crippen LogP contribution in [0.2, 0.25) is 10.0 Å². The molecule has 0 radical (unpaired) electrons. The number of hydrogen-bond acceptors (Lipinski definition) is 2. The van der Waals surface area contributed by atoms with Gasteiger partial charge in [-0.3, -0.25) is 4.79 Å². The molecule has 2 N–H and O–H groups in total. The van der Waals surface area contributed by atoms with Crippen molar-refractivity contribution in [1.29, 1.82) is 0 Å². The largest absolute Gasteiger partial charge is 0.481 e. The van der Waals surface area contributed by atoms with Crippen LogP contribution in [0.15, 0.2) is 18.2 Å². The lowest BCUT2D eigenvalue weighted by molar-refractivity contribution is -0.159. The van der Waals surface area contributed by atoms with Crippen LogP contribution in [0.25, 0.3) is 0 Å². The van der Waals surface area contributed by atoms with Crippen molar-refractivity contribution in [3.63, 3.8) is 0 Å². The second kappa shape index (κ2) is 3.91. The van der Waals surface area contributed by atoms with E-state index in [1.807, 2.05) is 0 Å². The minimum Gasteiger partial charge on any atom is -0.481 e. The summed E-state index contributed by atoms with van der Waals surface area (Å²) in [6, 6.07) is 4.86. The lowest BCUT2D eigenvalue weighted by Gasteiger charge is -2.41. The van der Waals surface area contributed by atoms with Gasteiger partial charge in [0.15, 0.2) is 0 Å². The zero-order valence-corrected chi connectivity index (χ0v) is 9.79. The summed E-state index contributed by atoms with van der Waals surface area (Å²) in [5.74, 6) is -1.34. The van der Waals surface area contributed by atoms with E-state index < -0.39 is 17.5 Å². The standard InChI is InChI=1S/C11H10Cl2O3/c12-8-2-1-7(3-9(8)13)11(16)4-6(5-11)10(14)15/h1-3,6,16H,4-5H2,(H,14,15). The second-order valence-electron chi connectivity index (χ2n) is 4.10. The van der Waals surface area contributed by atoms with Crippen molar-refractivity contribution in [1.82, 2.24) is 0 Å². The SMILES string of the molecule is O=C(O)C1CC(O)(c2ccc(Cl)c(Cl)c2)C1. The maximum atomic E-state index is 10.7. The van der Waals surface area contributed by atoms with Crippen LogP contribution in [0.4, 0.5) is 0 Å². The fourth-order valence-corrected chi connectivity index (χ4v) is 2.25. The molecular formula is C11H10Cl2O3. The van der Waals surface area contributed by atoms with Crippen LogP contribution in [0.1, 0.15) is 18.4 Å². The topological polar surface area (TPSA) is 57.5 Å². The van der Waals surface area contributed by atoms with Crippen LogP contribution >= 0.6 is 23.2 Å². The third kappa shape index (κ3) is 1.90. The Morgan fingerprint density at radius 1 is 1.31 bits per heavy atom. The van der Waals surface area contributed by atoms with E-state index in [4.69, 9.17) is 28.3 Å². The number of carboxylic acids is 1. The quantitative estimate of drug-likeness (QED) is 0.860. The maximum Gasteiger partial charge on any atom is 0.306 e. The smallest absolute Gasteiger partial charge is 0.306 e. The number of carbonyl (C=O) groups is 1. The highest BCUT2D eigenvalue weighted by Gasteiger charge is 2.47. The molecule has 1 aromatic carbocycles. The van der Waals surface area contributed by atoms with E-state index >= 15 is 0 Å². The summed E-state index contributed by atoms with van der Waals surface area (Å²) in [7, 11) is 0. The van der Waals surface area contributed by atoms with Crippen molar-refractivity contribution < 1.29 is 15.0 Å². The van der Waals surface area contributed by atoms with Gasteiger partial charge in [-0.15, -0.1) is 0 Å². The summed E-state index contributed by atoms with van der Waals surface area (Å²) in [5, 5.41) is 19.7. The minimum absolute atomic E-state index is 0.223. The Morgan fingerprint density at radius 3 is 2.44 bits per heavy atom. The molecule has 0 spiro atoms. The highest BCUT2D eigenvalue weighted by atomic mass is 35.5. The first-order chi connectivity index (χ1) is 7.42. The van der Waals surface area contributed by atoms with Gasteiger partial charge in [0.2, 0.25) is 0 Å². The zero-order valence-electron chi connectivity index (χ0n) is 8.28. The lowest BCUT2D eigenvalue weighted by atomic mass is 9.67. The minimum atomic E-state index is -1.07. The molecule has 0 amide bonds. The highest BCUT2D eigenvalue weighted by Crippen LogP contribution is 2.46. The average molecular weight is 261 g/mol. The van der Waals surface area contributed by atoms with Crippen LogP contribution in [-0.2, 0) is 10.4 Å². The Labute approximate surface area is 103 Å². The van der Waals surface area contributed by atoms with Gasteiger partial charge in [-0.1, -0.05) is 29.3 Å². The molecule has 1 fully saturated rings. The fourth-order valence-electron chi connectivity index (χ4n) is 1.95. The van der Waals surface area contributed by atoms with Crippen LogP contribution in [0, 0.1) is 5.92 Å². The molecule has 1 aliphatic carbocycles. The number of rotatable bonds is 2. The van der Waals surface area contributed by atoms with Crippen LogP contribution in [0.5, 0.6) is 0 Å².